The van der Waals surface area contributed by atoms with Gasteiger partial charge in [0.2, 0.25) is 12.0 Å². The highest BCUT2D eigenvalue weighted by Crippen LogP contribution is 2.51. The van der Waals surface area contributed by atoms with Gasteiger partial charge in [0.25, 0.3) is 5.69 Å². The fraction of sp³-hybridized carbons (Fsp3) is 0.300. The van der Waals surface area contributed by atoms with E-state index in [1.165, 1.54) is 19.2 Å². The summed E-state index contributed by atoms with van der Waals surface area (Å²) in [6.45, 7) is 0.0528. The predicted molar refractivity (Wildman–Crippen MR) is 99.2 cm³/mol. The molecule has 1 atom stereocenters. The van der Waals surface area contributed by atoms with Crippen molar-refractivity contribution in [3.05, 3.63) is 64.2 Å². The summed E-state index contributed by atoms with van der Waals surface area (Å²) in [4.78, 5) is 37.5. The molecule has 1 saturated carbocycles. The minimum absolute atomic E-state index is 0.0190. The number of carbonyl (C=O) groups is 2. The first-order valence-electron chi connectivity index (χ1n) is 8.87. The van der Waals surface area contributed by atoms with Crippen molar-refractivity contribution in [2.75, 3.05) is 18.6 Å². The number of fused-ring (bicyclic) bond motifs is 1. The number of nitrogens with zero attached hydrogens (tertiary/aromatic N) is 2. The van der Waals surface area contributed by atoms with Crippen LogP contribution in [0.25, 0.3) is 0 Å². The minimum atomic E-state index is -0.906. The van der Waals surface area contributed by atoms with Crippen LogP contribution < -0.4 is 9.64 Å². The summed E-state index contributed by atoms with van der Waals surface area (Å²) >= 11 is 0. The van der Waals surface area contributed by atoms with Crippen LogP contribution in [0.2, 0.25) is 0 Å². The number of nitro benzene ring substituents is 1. The summed E-state index contributed by atoms with van der Waals surface area (Å²) in [6, 6.07) is 13.1. The van der Waals surface area contributed by atoms with Crippen LogP contribution >= 0.6 is 0 Å². The third-order valence-corrected chi connectivity index (χ3v) is 5.27. The van der Waals surface area contributed by atoms with Crippen LogP contribution in [-0.2, 0) is 19.7 Å². The van der Waals surface area contributed by atoms with E-state index in [1.54, 1.807) is 41.3 Å². The molecule has 0 aromatic heterocycles. The molecule has 8 nitrogen and oxygen atoms in total. The smallest absolute Gasteiger partial charge is 0.348 e. The Hall–Kier alpha value is -3.42. The Labute approximate surface area is 160 Å². The van der Waals surface area contributed by atoms with Gasteiger partial charge in [0.1, 0.15) is 5.75 Å². The standard InChI is InChI=1S/C20H18N2O6/c1-27-18(23)17-12-21(15-4-2-3-5-16(15)28-17)19(24)20(10-11-20)13-6-8-14(9-7-13)22(25)26/h2-9,17H,10-12H2,1H3/t17-/m0/s1. The highest BCUT2D eigenvalue weighted by atomic mass is 16.6. The molecule has 1 heterocycles. The van der Waals surface area contributed by atoms with E-state index in [2.05, 4.69) is 0 Å². The quantitative estimate of drug-likeness (QED) is 0.458. The lowest BCUT2D eigenvalue weighted by molar-refractivity contribution is -0.384. The number of non-ortho nitro benzene ring substituents is 1. The van der Waals surface area contributed by atoms with E-state index < -0.39 is 22.4 Å². The number of hydrogen-bond donors (Lipinski definition) is 0. The van der Waals surface area contributed by atoms with Gasteiger partial charge in [-0.15, -0.1) is 0 Å². The molecule has 2 aliphatic rings. The van der Waals surface area contributed by atoms with Gasteiger partial charge in [0, 0.05) is 12.1 Å². The van der Waals surface area contributed by atoms with Gasteiger partial charge in [-0.3, -0.25) is 14.9 Å². The van der Waals surface area contributed by atoms with E-state index in [0.29, 0.717) is 24.3 Å². The summed E-state index contributed by atoms with van der Waals surface area (Å²) in [5, 5.41) is 10.9. The van der Waals surface area contributed by atoms with Gasteiger partial charge in [0.15, 0.2) is 0 Å². The number of ether oxygens (including phenoxy) is 2. The summed E-state index contributed by atoms with van der Waals surface area (Å²) in [7, 11) is 1.28. The van der Waals surface area contributed by atoms with Gasteiger partial charge in [-0.05, 0) is 30.5 Å². The number of esters is 1. The van der Waals surface area contributed by atoms with Crippen LogP contribution in [0.4, 0.5) is 11.4 Å². The lowest BCUT2D eigenvalue weighted by Crippen LogP contribution is -2.50. The first-order valence-corrected chi connectivity index (χ1v) is 8.87. The van der Waals surface area contributed by atoms with Crippen molar-refractivity contribution in [2.24, 2.45) is 0 Å². The number of anilines is 1. The second-order valence-corrected chi connectivity index (χ2v) is 6.90. The van der Waals surface area contributed by atoms with E-state index in [0.717, 1.165) is 5.56 Å². The van der Waals surface area contributed by atoms with Gasteiger partial charge in [0.05, 0.1) is 29.7 Å². The largest absolute Gasteiger partial charge is 0.475 e. The Morgan fingerprint density at radius 1 is 1.18 bits per heavy atom. The topological polar surface area (TPSA) is 99.0 Å². The maximum atomic E-state index is 13.5. The number of nitro groups is 1. The Morgan fingerprint density at radius 3 is 2.46 bits per heavy atom. The summed E-state index contributed by atoms with van der Waals surface area (Å²) in [6.07, 6.45) is 0.384. The molecule has 0 unspecified atom stereocenters. The lowest BCUT2D eigenvalue weighted by atomic mass is 9.93. The number of rotatable bonds is 4. The van der Waals surface area contributed by atoms with Crippen LogP contribution in [0.3, 0.4) is 0 Å². The van der Waals surface area contributed by atoms with E-state index in [1.807, 2.05) is 0 Å². The van der Waals surface area contributed by atoms with E-state index in [9.17, 15) is 19.7 Å². The summed E-state index contributed by atoms with van der Waals surface area (Å²) in [5.74, 6) is -0.254. The first-order chi connectivity index (χ1) is 13.5. The van der Waals surface area contributed by atoms with Crippen molar-refractivity contribution in [3.8, 4) is 5.75 Å². The maximum Gasteiger partial charge on any atom is 0.348 e. The number of methoxy groups -OCH3 is 1. The molecule has 1 fully saturated rings. The molecule has 1 amide bonds. The molecule has 1 aliphatic carbocycles. The molecule has 0 saturated heterocycles. The maximum absolute atomic E-state index is 13.5. The number of carbonyl (C=O) groups excluding carboxylic acids is 2. The molecule has 8 heteroatoms. The van der Waals surface area contributed by atoms with Crippen LogP contribution in [0.1, 0.15) is 18.4 Å². The molecule has 144 valence electrons. The third kappa shape index (κ3) is 2.87. The number of para-hydroxylation sites is 2. The summed E-state index contributed by atoms with van der Waals surface area (Å²) < 4.78 is 10.5. The van der Waals surface area contributed by atoms with Crippen molar-refractivity contribution >= 4 is 23.3 Å². The van der Waals surface area contributed by atoms with Crippen LogP contribution in [-0.4, -0.2) is 36.6 Å². The van der Waals surface area contributed by atoms with Gasteiger partial charge in [-0.2, -0.15) is 0 Å². The van der Waals surface area contributed by atoms with Crippen LogP contribution in [0.5, 0.6) is 5.75 Å². The highest BCUT2D eigenvalue weighted by Gasteiger charge is 2.54. The molecule has 1 aliphatic heterocycles. The Bertz CT molecular complexity index is 951. The fourth-order valence-corrected chi connectivity index (χ4v) is 3.59. The lowest BCUT2D eigenvalue weighted by Gasteiger charge is -2.35. The molecule has 2 aromatic rings. The zero-order valence-corrected chi connectivity index (χ0v) is 15.2. The molecule has 0 bridgehead atoms. The molecule has 4 rings (SSSR count). The van der Waals surface area contributed by atoms with Crippen molar-refractivity contribution in [1.29, 1.82) is 0 Å². The molecule has 0 spiro atoms. The zero-order chi connectivity index (χ0) is 19.9. The van der Waals surface area contributed by atoms with E-state index in [4.69, 9.17) is 9.47 Å². The van der Waals surface area contributed by atoms with Crippen molar-refractivity contribution in [3.63, 3.8) is 0 Å². The SMILES string of the molecule is COC(=O)[C@@H]1CN(C(=O)C2(c3ccc([N+](=O)[O-])cc3)CC2)c2ccccc2O1. The summed E-state index contributed by atoms with van der Waals surface area (Å²) in [5.41, 5.74) is 0.581. The molecular weight excluding hydrogens is 364 g/mol. The first kappa shape index (κ1) is 18.0. The van der Waals surface area contributed by atoms with Gasteiger partial charge in [-0.1, -0.05) is 24.3 Å². The molecule has 0 radical (unpaired) electrons. The normalized spacial score (nSPS) is 19.2. The second kappa shape index (κ2) is 6.63. The van der Waals surface area contributed by atoms with Gasteiger partial charge < -0.3 is 14.4 Å². The number of benzene rings is 2. The Kier molecular flexibility index (Phi) is 4.26. The van der Waals surface area contributed by atoms with Crippen LogP contribution in [0.15, 0.2) is 48.5 Å². The monoisotopic (exact) mass is 382 g/mol. The van der Waals surface area contributed by atoms with Gasteiger partial charge >= 0.3 is 5.97 Å². The van der Waals surface area contributed by atoms with Crippen molar-refractivity contribution in [2.45, 2.75) is 24.4 Å². The molecule has 2 aromatic carbocycles. The zero-order valence-electron chi connectivity index (χ0n) is 15.2. The number of amides is 1. The molecule has 0 N–H and O–H groups in total. The average Bonchev–Trinajstić information content (AvgIpc) is 3.54. The van der Waals surface area contributed by atoms with E-state index in [-0.39, 0.29) is 18.1 Å². The van der Waals surface area contributed by atoms with Crippen LogP contribution in [0, 0.1) is 10.1 Å². The average molecular weight is 382 g/mol. The molecule has 28 heavy (non-hydrogen) atoms. The fourth-order valence-electron chi connectivity index (χ4n) is 3.59. The highest BCUT2D eigenvalue weighted by molar-refractivity contribution is 6.05. The molecular formula is C20H18N2O6. The minimum Gasteiger partial charge on any atom is -0.475 e. The number of hydrogen-bond acceptors (Lipinski definition) is 6. The Balaban J connectivity index is 1.68. The van der Waals surface area contributed by atoms with E-state index >= 15 is 0 Å². The van der Waals surface area contributed by atoms with Crippen molar-refractivity contribution in [1.82, 2.24) is 0 Å². The Morgan fingerprint density at radius 2 is 1.86 bits per heavy atom. The third-order valence-electron chi connectivity index (χ3n) is 5.27. The second-order valence-electron chi connectivity index (χ2n) is 6.90. The van der Waals surface area contributed by atoms with Crippen molar-refractivity contribution < 1.29 is 24.0 Å². The predicted octanol–water partition coefficient (Wildman–Crippen LogP) is 2.59. The van der Waals surface area contributed by atoms with Gasteiger partial charge in [-0.25, -0.2) is 4.79 Å².